The zero-order valence-corrected chi connectivity index (χ0v) is 10.6. The number of carbonyl (C=O) groups is 1. The Morgan fingerprint density at radius 3 is 2.67 bits per heavy atom. The summed E-state index contributed by atoms with van der Waals surface area (Å²) in [5.41, 5.74) is 2.85. The van der Waals surface area contributed by atoms with E-state index in [0.717, 1.165) is 44.9 Å². The summed E-state index contributed by atoms with van der Waals surface area (Å²) in [5.74, 6) is 0.979. The minimum Gasteiger partial charge on any atom is -0.468 e. The van der Waals surface area contributed by atoms with Crippen molar-refractivity contribution in [3.8, 4) is 0 Å². The number of rotatable bonds is 3. The molecule has 0 unspecified atom stereocenters. The van der Waals surface area contributed by atoms with E-state index in [1.54, 1.807) is 6.26 Å². The van der Waals surface area contributed by atoms with Gasteiger partial charge in [0.25, 0.3) is 0 Å². The number of hydrogen-bond donors (Lipinski definition) is 2. The molecule has 3 rings (SSSR count). The number of hydrogen-bond acceptors (Lipinski definition) is 4. The summed E-state index contributed by atoms with van der Waals surface area (Å²) in [7, 11) is 1.89. The molecule has 1 amide bonds. The number of furan rings is 1. The van der Waals surface area contributed by atoms with Gasteiger partial charge in [0.2, 0.25) is 6.41 Å². The highest BCUT2D eigenvalue weighted by Crippen LogP contribution is 2.18. The molecule has 0 atom stereocenters. The maximum absolute atomic E-state index is 10.3. The quantitative estimate of drug-likeness (QED) is 0.600. The summed E-state index contributed by atoms with van der Waals surface area (Å²) in [4.78, 5) is 12.1. The van der Waals surface area contributed by atoms with Crippen LogP contribution in [0.3, 0.4) is 0 Å². The van der Waals surface area contributed by atoms with Gasteiger partial charge in [0.15, 0.2) is 0 Å². The SMILES string of the molecule is CNCc1ccco1.O=CN1CC2=C(CNC2)C1. The summed E-state index contributed by atoms with van der Waals surface area (Å²) in [6.45, 7) is 4.49. The van der Waals surface area contributed by atoms with Gasteiger partial charge in [-0.05, 0) is 30.3 Å². The van der Waals surface area contributed by atoms with Gasteiger partial charge in [-0.25, -0.2) is 0 Å². The van der Waals surface area contributed by atoms with Gasteiger partial charge < -0.3 is 20.0 Å². The molecule has 0 aliphatic carbocycles. The normalized spacial score (nSPS) is 17.5. The average molecular weight is 249 g/mol. The number of amides is 1. The van der Waals surface area contributed by atoms with Crippen LogP contribution in [-0.2, 0) is 11.3 Å². The fraction of sp³-hybridized carbons (Fsp3) is 0.462. The molecule has 18 heavy (non-hydrogen) atoms. The molecular formula is C13H19N3O2. The lowest BCUT2D eigenvalue weighted by atomic mass is 10.2. The van der Waals surface area contributed by atoms with E-state index >= 15 is 0 Å². The monoisotopic (exact) mass is 249 g/mol. The van der Waals surface area contributed by atoms with Crippen molar-refractivity contribution in [1.82, 2.24) is 15.5 Å². The summed E-state index contributed by atoms with van der Waals surface area (Å²) in [6.07, 6.45) is 2.60. The molecule has 1 aromatic heterocycles. The Kier molecular flexibility index (Phi) is 4.55. The second-order valence-corrected chi connectivity index (χ2v) is 4.43. The second-order valence-electron chi connectivity index (χ2n) is 4.43. The van der Waals surface area contributed by atoms with Crippen LogP contribution in [0.25, 0.3) is 0 Å². The molecule has 5 nitrogen and oxygen atoms in total. The highest BCUT2D eigenvalue weighted by molar-refractivity contribution is 5.52. The predicted octanol–water partition coefficient (Wildman–Crippen LogP) is 0.357. The van der Waals surface area contributed by atoms with Gasteiger partial charge in [-0.1, -0.05) is 0 Å². The Bertz CT molecular complexity index is 396. The van der Waals surface area contributed by atoms with Crippen molar-refractivity contribution in [2.24, 2.45) is 0 Å². The summed E-state index contributed by atoms with van der Waals surface area (Å²) < 4.78 is 5.01. The molecule has 0 saturated heterocycles. The average Bonchev–Trinajstić information content (AvgIpc) is 3.05. The highest BCUT2D eigenvalue weighted by Gasteiger charge is 2.23. The van der Waals surface area contributed by atoms with Gasteiger partial charge in [-0.2, -0.15) is 0 Å². The van der Waals surface area contributed by atoms with E-state index in [0.29, 0.717) is 0 Å². The third-order valence-electron chi connectivity index (χ3n) is 3.04. The van der Waals surface area contributed by atoms with Gasteiger partial charge in [0.1, 0.15) is 5.76 Å². The van der Waals surface area contributed by atoms with Crippen LogP contribution in [-0.4, -0.2) is 44.5 Å². The Morgan fingerprint density at radius 2 is 2.17 bits per heavy atom. The second kappa shape index (κ2) is 6.37. The third kappa shape index (κ3) is 3.21. The largest absolute Gasteiger partial charge is 0.468 e. The molecule has 98 valence electrons. The number of nitrogens with one attached hydrogen (secondary N) is 2. The molecule has 1 aromatic rings. The first kappa shape index (κ1) is 12.9. The first-order valence-electron chi connectivity index (χ1n) is 6.10. The number of nitrogens with zero attached hydrogens (tertiary/aromatic N) is 1. The molecular weight excluding hydrogens is 230 g/mol. The van der Waals surface area contributed by atoms with Crippen LogP contribution in [0.1, 0.15) is 5.76 Å². The molecule has 3 heterocycles. The lowest BCUT2D eigenvalue weighted by molar-refractivity contribution is -0.117. The van der Waals surface area contributed by atoms with Crippen molar-refractivity contribution in [3.05, 3.63) is 35.3 Å². The van der Waals surface area contributed by atoms with E-state index in [9.17, 15) is 4.79 Å². The van der Waals surface area contributed by atoms with Gasteiger partial charge in [0.05, 0.1) is 12.8 Å². The molecule has 0 saturated carbocycles. The topological polar surface area (TPSA) is 57.5 Å². The fourth-order valence-electron chi connectivity index (χ4n) is 2.16. The number of carbonyl (C=O) groups excluding carboxylic acids is 1. The van der Waals surface area contributed by atoms with E-state index < -0.39 is 0 Å². The van der Waals surface area contributed by atoms with Gasteiger partial charge in [-0.3, -0.25) is 4.79 Å². The Hall–Kier alpha value is -1.59. The molecule has 2 aliphatic heterocycles. The van der Waals surface area contributed by atoms with Crippen LogP contribution in [0.2, 0.25) is 0 Å². The van der Waals surface area contributed by atoms with E-state index in [-0.39, 0.29) is 0 Å². The van der Waals surface area contributed by atoms with Crippen molar-refractivity contribution < 1.29 is 9.21 Å². The third-order valence-corrected chi connectivity index (χ3v) is 3.04. The van der Waals surface area contributed by atoms with E-state index in [1.165, 1.54) is 11.1 Å². The van der Waals surface area contributed by atoms with Crippen LogP contribution >= 0.6 is 0 Å². The van der Waals surface area contributed by atoms with Crippen molar-refractivity contribution in [3.63, 3.8) is 0 Å². The highest BCUT2D eigenvalue weighted by atomic mass is 16.3. The van der Waals surface area contributed by atoms with Crippen molar-refractivity contribution in [2.75, 3.05) is 33.2 Å². The van der Waals surface area contributed by atoms with Crippen molar-refractivity contribution in [1.29, 1.82) is 0 Å². The molecule has 5 heteroatoms. The van der Waals surface area contributed by atoms with Crippen LogP contribution < -0.4 is 10.6 Å². The van der Waals surface area contributed by atoms with Crippen molar-refractivity contribution in [2.45, 2.75) is 6.54 Å². The molecule has 2 aliphatic rings. The van der Waals surface area contributed by atoms with Gasteiger partial charge in [0, 0.05) is 26.2 Å². The van der Waals surface area contributed by atoms with Gasteiger partial charge in [-0.15, -0.1) is 0 Å². The van der Waals surface area contributed by atoms with Crippen LogP contribution in [0.4, 0.5) is 0 Å². The first-order valence-corrected chi connectivity index (χ1v) is 6.10. The van der Waals surface area contributed by atoms with Crippen LogP contribution in [0.5, 0.6) is 0 Å². The molecule has 0 aromatic carbocycles. The zero-order valence-electron chi connectivity index (χ0n) is 10.6. The molecule has 0 bridgehead atoms. The summed E-state index contributed by atoms with van der Waals surface area (Å²) in [6, 6.07) is 3.82. The van der Waals surface area contributed by atoms with E-state index in [4.69, 9.17) is 4.42 Å². The maximum atomic E-state index is 10.3. The van der Waals surface area contributed by atoms with E-state index in [1.807, 2.05) is 24.1 Å². The smallest absolute Gasteiger partial charge is 0.210 e. The Morgan fingerprint density at radius 1 is 1.44 bits per heavy atom. The minimum atomic E-state index is 0.812. The zero-order chi connectivity index (χ0) is 12.8. The fourth-order valence-corrected chi connectivity index (χ4v) is 2.16. The van der Waals surface area contributed by atoms with E-state index in [2.05, 4.69) is 10.6 Å². The minimum absolute atomic E-state index is 0.812. The standard InChI is InChI=1S/C7H10N2O.C6H9NO/c10-5-9-3-6-1-8-2-7(6)4-9;1-7-5-6-3-2-4-8-6/h5,8H,1-4H2;2-4,7H,5H2,1H3. The van der Waals surface area contributed by atoms with Gasteiger partial charge >= 0.3 is 0 Å². The van der Waals surface area contributed by atoms with Crippen LogP contribution in [0, 0.1) is 0 Å². The molecule has 0 radical (unpaired) electrons. The predicted molar refractivity (Wildman–Crippen MR) is 69.0 cm³/mol. The summed E-state index contributed by atoms with van der Waals surface area (Å²) >= 11 is 0. The first-order chi connectivity index (χ1) is 8.83. The Balaban J connectivity index is 0.000000138. The van der Waals surface area contributed by atoms with Crippen LogP contribution in [0.15, 0.2) is 34.0 Å². The lowest BCUT2D eigenvalue weighted by Gasteiger charge is -2.10. The molecule has 0 fully saturated rings. The molecule has 2 N–H and O–H groups in total. The summed E-state index contributed by atoms with van der Waals surface area (Å²) in [5, 5.41) is 6.23. The Labute approximate surface area is 107 Å². The lowest BCUT2D eigenvalue weighted by Crippen LogP contribution is -2.25. The molecule has 0 spiro atoms. The van der Waals surface area contributed by atoms with Crippen molar-refractivity contribution >= 4 is 6.41 Å². The maximum Gasteiger partial charge on any atom is 0.210 e.